The molecular weight excluding hydrogens is 298 g/mol. The van der Waals surface area contributed by atoms with Crippen LogP contribution in [-0.2, 0) is 19.6 Å². The topological polar surface area (TPSA) is 28.2 Å². The minimum absolute atomic E-state index is 0.774. The molecule has 2 heterocycles. The maximum Gasteiger partial charge on any atom is 0.107 e. The third-order valence-corrected chi connectivity index (χ3v) is 5.43. The molecule has 1 aliphatic carbocycles. The van der Waals surface area contributed by atoms with Crippen molar-refractivity contribution in [1.29, 1.82) is 0 Å². The molecule has 5 heteroatoms. The van der Waals surface area contributed by atoms with Crippen LogP contribution < -0.4 is 5.32 Å². The smallest absolute Gasteiger partial charge is 0.107 e. The van der Waals surface area contributed by atoms with Gasteiger partial charge in [0.15, 0.2) is 0 Å². The molecule has 1 fully saturated rings. The molecule has 0 aliphatic heterocycles. The quantitative estimate of drug-likeness (QED) is 0.711. The predicted molar refractivity (Wildman–Crippen MR) is 90.7 cm³/mol. The second kappa shape index (κ2) is 7.49. The van der Waals surface area contributed by atoms with Gasteiger partial charge in [-0.15, -0.1) is 22.7 Å². The van der Waals surface area contributed by atoms with E-state index in [1.807, 2.05) is 11.3 Å². The Morgan fingerprint density at radius 3 is 2.95 bits per heavy atom. The van der Waals surface area contributed by atoms with Gasteiger partial charge in [0.2, 0.25) is 0 Å². The summed E-state index contributed by atoms with van der Waals surface area (Å²) in [4.78, 5) is 8.83. The first-order valence-electron chi connectivity index (χ1n) is 7.75. The van der Waals surface area contributed by atoms with Crippen LogP contribution in [0.4, 0.5) is 0 Å². The van der Waals surface area contributed by atoms with Gasteiger partial charge in [-0.1, -0.05) is 13.0 Å². The van der Waals surface area contributed by atoms with E-state index in [2.05, 4.69) is 40.0 Å². The van der Waals surface area contributed by atoms with Gasteiger partial charge < -0.3 is 5.32 Å². The molecule has 0 unspecified atom stereocenters. The Morgan fingerprint density at radius 1 is 1.33 bits per heavy atom. The van der Waals surface area contributed by atoms with Crippen molar-refractivity contribution in [1.82, 2.24) is 15.2 Å². The van der Waals surface area contributed by atoms with Crippen LogP contribution in [0.5, 0.6) is 0 Å². The van der Waals surface area contributed by atoms with Gasteiger partial charge in [-0.2, -0.15) is 0 Å². The normalized spacial score (nSPS) is 15.0. The van der Waals surface area contributed by atoms with Crippen LogP contribution in [0.15, 0.2) is 22.9 Å². The largest absolute Gasteiger partial charge is 0.310 e. The maximum atomic E-state index is 4.78. The molecule has 0 amide bonds. The zero-order chi connectivity index (χ0) is 14.5. The van der Waals surface area contributed by atoms with Crippen molar-refractivity contribution >= 4 is 22.7 Å². The number of hydrogen-bond donors (Lipinski definition) is 1. The summed E-state index contributed by atoms with van der Waals surface area (Å²) in [7, 11) is 0. The van der Waals surface area contributed by atoms with Crippen LogP contribution in [0, 0.1) is 0 Å². The molecule has 2 aromatic rings. The van der Waals surface area contributed by atoms with E-state index in [1.165, 1.54) is 34.8 Å². The SMILES string of the molecule is CCCNCc1nc(CN(Cc2cccs2)C2CC2)cs1. The fraction of sp³-hybridized carbons (Fsp3) is 0.562. The summed E-state index contributed by atoms with van der Waals surface area (Å²) in [5.41, 5.74) is 1.23. The lowest BCUT2D eigenvalue weighted by molar-refractivity contribution is 0.245. The molecule has 0 radical (unpaired) electrons. The van der Waals surface area contributed by atoms with Crippen molar-refractivity contribution in [3.05, 3.63) is 38.5 Å². The Morgan fingerprint density at radius 2 is 2.24 bits per heavy atom. The maximum absolute atomic E-state index is 4.78. The fourth-order valence-corrected chi connectivity index (χ4v) is 3.92. The third-order valence-electron chi connectivity index (χ3n) is 3.67. The average Bonchev–Trinajstić information content (AvgIpc) is 3.03. The van der Waals surface area contributed by atoms with Gasteiger partial charge in [-0.05, 0) is 37.3 Å². The zero-order valence-electron chi connectivity index (χ0n) is 12.5. The molecule has 0 saturated heterocycles. The van der Waals surface area contributed by atoms with Crippen LogP contribution in [0.2, 0.25) is 0 Å². The van der Waals surface area contributed by atoms with Crippen LogP contribution in [0.25, 0.3) is 0 Å². The Bertz CT molecular complexity index is 531. The Labute approximate surface area is 135 Å². The Kier molecular flexibility index (Phi) is 5.41. The van der Waals surface area contributed by atoms with E-state index < -0.39 is 0 Å². The lowest BCUT2D eigenvalue weighted by Crippen LogP contribution is -2.24. The molecule has 3 nitrogen and oxygen atoms in total. The van der Waals surface area contributed by atoms with E-state index in [-0.39, 0.29) is 0 Å². The zero-order valence-corrected chi connectivity index (χ0v) is 14.2. The van der Waals surface area contributed by atoms with Gasteiger partial charge in [0.05, 0.1) is 5.69 Å². The molecule has 2 aromatic heterocycles. The molecular formula is C16H23N3S2. The van der Waals surface area contributed by atoms with E-state index in [0.29, 0.717) is 0 Å². The molecule has 0 bridgehead atoms. The lowest BCUT2D eigenvalue weighted by atomic mass is 10.3. The van der Waals surface area contributed by atoms with Gasteiger partial charge in [0, 0.05) is 35.9 Å². The molecule has 1 saturated carbocycles. The van der Waals surface area contributed by atoms with Gasteiger partial charge >= 0.3 is 0 Å². The van der Waals surface area contributed by atoms with E-state index >= 15 is 0 Å². The van der Waals surface area contributed by atoms with Crippen molar-refractivity contribution in [3.8, 4) is 0 Å². The number of nitrogens with zero attached hydrogens (tertiary/aromatic N) is 2. The number of rotatable bonds is 9. The molecule has 0 aromatic carbocycles. The minimum Gasteiger partial charge on any atom is -0.310 e. The molecule has 3 rings (SSSR count). The molecule has 1 aliphatic rings. The summed E-state index contributed by atoms with van der Waals surface area (Å²) in [6, 6.07) is 5.16. The van der Waals surface area contributed by atoms with Crippen LogP contribution in [-0.4, -0.2) is 22.5 Å². The van der Waals surface area contributed by atoms with Gasteiger partial charge in [-0.25, -0.2) is 4.98 Å². The fourth-order valence-electron chi connectivity index (χ4n) is 2.44. The predicted octanol–water partition coefficient (Wildman–Crippen LogP) is 3.87. The Balaban J connectivity index is 1.55. The number of hydrogen-bond acceptors (Lipinski definition) is 5. The van der Waals surface area contributed by atoms with Crippen LogP contribution in [0.1, 0.15) is 41.8 Å². The second-order valence-corrected chi connectivity index (χ2v) is 7.60. The summed E-state index contributed by atoms with van der Waals surface area (Å²) < 4.78 is 0. The van der Waals surface area contributed by atoms with E-state index in [1.54, 1.807) is 11.3 Å². The summed E-state index contributed by atoms with van der Waals surface area (Å²) in [5, 5.41) is 9.04. The van der Waals surface area contributed by atoms with Gasteiger partial charge in [0.1, 0.15) is 5.01 Å². The highest BCUT2D eigenvalue weighted by molar-refractivity contribution is 7.10. The third kappa shape index (κ3) is 4.61. The number of thiophene rings is 1. The highest BCUT2D eigenvalue weighted by Crippen LogP contribution is 2.30. The van der Waals surface area contributed by atoms with E-state index in [4.69, 9.17) is 4.98 Å². The summed E-state index contributed by atoms with van der Waals surface area (Å²) in [5.74, 6) is 0. The monoisotopic (exact) mass is 321 g/mol. The van der Waals surface area contributed by atoms with Gasteiger partial charge in [-0.3, -0.25) is 4.90 Å². The first-order chi connectivity index (χ1) is 10.3. The molecule has 0 atom stereocenters. The first-order valence-corrected chi connectivity index (χ1v) is 9.51. The summed E-state index contributed by atoms with van der Waals surface area (Å²) in [6.45, 7) is 6.24. The number of thiazole rings is 1. The van der Waals surface area contributed by atoms with Crippen LogP contribution in [0.3, 0.4) is 0 Å². The summed E-state index contributed by atoms with van der Waals surface area (Å²) >= 11 is 3.64. The molecule has 0 spiro atoms. The number of nitrogens with one attached hydrogen (secondary N) is 1. The molecule has 1 N–H and O–H groups in total. The van der Waals surface area contributed by atoms with Gasteiger partial charge in [0.25, 0.3) is 0 Å². The summed E-state index contributed by atoms with van der Waals surface area (Å²) in [6.07, 6.45) is 3.87. The molecule has 114 valence electrons. The lowest BCUT2D eigenvalue weighted by Gasteiger charge is -2.20. The van der Waals surface area contributed by atoms with Crippen molar-refractivity contribution in [2.24, 2.45) is 0 Å². The Hall–Kier alpha value is -0.750. The van der Waals surface area contributed by atoms with E-state index in [0.717, 1.165) is 32.2 Å². The first kappa shape index (κ1) is 15.2. The van der Waals surface area contributed by atoms with Crippen LogP contribution >= 0.6 is 22.7 Å². The average molecular weight is 322 g/mol. The van der Waals surface area contributed by atoms with E-state index in [9.17, 15) is 0 Å². The number of aromatic nitrogens is 1. The highest BCUT2D eigenvalue weighted by Gasteiger charge is 2.29. The van der Waals surface area contributed by atoms with Crippen molar-refractivity contribution in [2.45, 2.75) is 51.9 Å². The molecule has 21 heavy (non-hydrogen) atoms. The van der Waals surface area contributed by atoms with Crippen molar-refractivity contribution in [2.75, 3.05) is 6.54 Å². The van der Waals surface area contributed by atoms with Crippen molar-refractivity contribution in [3.63, 3.8) is 0 Å². The minimum atomic E-state index is 0.774. The highest BCUT2D eigenvalue weighted by atomic mass is 32.1. The van der Waals surface area contributed by atoms with Crippen molar-refractivity contribution < 1.29 is 0 Å². The second-order valence-electron chi connectivity index (χ2n) is 5.62. The standard InChI is InChI=1S/C16H23N3S2/c1-2-7-17-9-16-18-13(12-21-16)10-19(14-5-6-14)11-15-4-3-8-20-15/h3-4,8,12,14,17H,2,5-7,9-11H2,1H3.